The topological polar surface area (TPSA) is 35.5 Å². The van der Waals surface area contributed by atoms with Crippen LogP contribution >= 0.6 is 0 Å². The molecule has 0 aliphatic rings. The molecule has 2 N–H and O–H groups in total. The van der Waals surface area contributed by atoms with E-state index in [2.05, 4.69) is 24.3 Å². The minimum absolute atomic E-state index is 0.175. The third-order valence-corrected chi connectivity index (χ3v) is 1.70. The van der Waals surface area contributed by atoms with E-state index >= 15 is 0 Å². The summed E-state index contributed by atoms with van der Waals surface area (Å²) in [7, 11) is 4.16. The first-order chi connectivity index (χ1) is 5.63. The van der Waals surface area contributed by atoms with E-state index in [0.29, 0.717) is 0 Å². The standard InChI is InChI=1S/C9H22N2O/c1-9(12)5-7-10-6-4-8-11(2)3/h9-10,12H,4-8H2,1-3H3. The highest BCUT2D eigenvalue weighted by Crippen LogP contribution is 1.86. The lowest BCUT2D eigenvalue weighted by Gasteiger charge is -2.10. The van der Waals surface area contributed by atoms with Gasteiger partial charge in [-0.2, -0.15) is 0 Å². The third kappa shape index (κ3) is 9.88. The van der Waals surface area contributed by atoms with Gasteiger partial charge >= 0.3 is 0 Å². The van der Waals surface area contributed by atoms with E-state index in [0.717, 1.165) is 26.1 Å². The number of nitrogens with one attached hydrogen (secondary N) is 1. The van der Waals surface area contributed by atoms with E-state index in [4.69, 9.17) is 5.11 Å². The molecule has 1 atom stereocenters. The van der Waals surface area contributed by atoms with Crippen molar-refractivity contribution in [3.63, 3.8) is 0 Å². The maximum absolute atomic E-state index is 8.95. The predicted molar refractivity (Wildman–Crippen MR) is 52.3 cm³/mol. The van der Waals surface area contributed by atoms with Gasteiger partial charge in [-0.05, 0) is 53.5 Å². The minimum Gasteiger partial charge on any atom is -0.393 e. The number of nitrogens with zero attached hydrogens (tertiary/aromatic N) is 1. The second-order valence-corrected chi connectivity index (χ2v) is 3.54. The van der Waals surface area contributed by atoms with Crippen molar-refractivity contribution in [1.82, 2.24) is 10.2 Å². The molecule has 0 fully saturated rings. The van der Waals surface area contributed by atoms with E-state index in [-0.39, 0.29) is 6.10 Å². The Kier molecular flexibility index (Phi) is 7.45. The number of aliphatic hydroxyl groups excluding tert-OH is 1. The molecule has 0 amide bonds. The van der Waals surface area contributed by atoms with Crippen LogP contribution in [0.2, 0.25) is 0 Å². The van der Waals surface area contributed by atoms with Crippen LogP contribution in [-0.2, 0) is 0 Å². The van der Waals surface area contributed by atoms with E-state index in [1.54, 1.807) is 0 Å². The Hall–Kier alpha value is -0.120. The zero-order valence-corrected chi connectivity index (χ0v) is 8.51. The molecule has 0 saturated heterocycles. The van der Waals surface area contributed by atoms with Crippen molar-refractivity contribution in [2.75, 3.05) is 33.7 Å². The average Bonchev–Trinajstić information content (AvgIpc) is 1.95. The van der Waals surface area contributed by atoms with Crippen LogP contribution in [-0.4, -0.2) is 49.8 Å². The Bertz CT molecular complexity index is 82.5. The molecule has 0 rings (SSSR count). The van der Waals surface area contributed by atoms with Crippen LogP contribution in [0, 0.1) is 0 Å². The molecule has 3 heteroatoms. The van der Waals surface area contributed by atoms with Crippen molar-refractivity contribution in [2.45, 2.75) is 25.9 Å². The molecule has 0 saturated carbocycles. The predicted octanol–water partition coefficient (Wildman–Crippen LogP) is 0.299. The molecule has 0 aromatic heterocycles. The maximum atomic E-state index is 8.95. The van der Waals surface area contributed by atoms with Crippen molar-refractivity contribution >= 4 is 0 Å². The largest absolute Gasteiger partial charge is 0.393 e. The Balaban J connectivity index is 2.91. The van der Waals surface area contributed by atoms with Gasteiger partial charge in [0.25, 0.3) is 0 Å². The third-order valence-electron chi connectivity index (χ3n) is 1.70. The molecular weight excluding hydrogens is 152 g/mol. The van der Waals surface area contributed by atoms with Crippen molar-refractivity contribution in [3.8, 4) is 0 Å². The molecular formula is C9H22N2O. The van der Waals surface area contributed by atoms with E-state index in [9.17, 15) is 0 Å². The summed E-state index contributed by atoms with van der Waals surface area (Å²) in [5, 5.41) is 12.2. The smallest absolute Gasteiger partial charge is 0.0524 e. The van der Waals surface area contributed by atoms with E-state index in [1.807, 2.05) is 6.92 Å². The van der Waals surface area contributed by atoms with Gasteiger partial charge < -0.3 is 15.3 Å². The molecule has 0 heterocycles. The first kappa shape index (κ1) is 11.9. The van der Waals surface area contributed by atoms with Gasteiger partial charge in [-0.3, -0.25) is 0 Å². The van der Waals surface area contributed by atoms with Crippen LogP contribution in [0.15, 0.2) is 0 Å². The van der Waals surface area contributed by atoms with Crippen molar-refractivity contribution < 1.29 is 5.11 Å². The number of rotatable bonds is 7. The van der Waals surface area contributed by atoms with Crippen LogP contribution < -0.4 is 5.32 Å². The molecule has 0 aliphatic carbocycles. The normalized spacial score (nSPS) is 13.8. The summed E-state index contributed by atoms with van der Waals surface area (Å²) in [5.74, 6) is 0. The van der Waals surface area contributed by atoms with E-state index < -0.39 is 0 Å². The zero-order valence-electron chi connectivity index (χ0n) is 8.51. The van der Waals surface area contributed by atoms with Crippen molar-refractivity contribution in [3.05, 3.63) is 0 Å². The van der Waals surface area contributed by atoms with Crippen molar-refractivity contribution in [2.24, 2.45) is 0 Å². The molecule has 0 aromatic rings. The van der Waals surface area contributed by atoms with Gasteiger partial charge in [0, 0.05) is 0 Å². The van der Waals surface area contributed by atoms with Gasteiger partial charge in [0.2, 0.25) is 0 Å². The van der Waals surface area contributed by atoms with Gasteiger partial charge in [0.1, 0.15) is 0 Å². The molecule has 12 heavy (non-hydrogen) atoms. The van der Waals surface area contributed by atoms with Crippen LogP contribution in [0.25, 0.3) is 0 Å². The van der Waals surface area contributed by atoms with Gasteiger partial charge in [0.15, 0.2) is 0 Å². The van der Waals surface area contributed by atoms with Crippen LogP contribution in [0.3, 0.4) is 0 Å². The molecule has 0 bridgehead atoms. The van der Waals surface area contributed by atoms with Crippen LogP contribution in [0.4, 0.5) is 0 Å². The average molecular weight is 174 g/mol. The summed E-state index contributed by atoms with van der Waals surface area (Å²) in [5.41, 5.74) is 0. The second kappa shape index (κ2) is 7.53. The Morgan fingerprint density at radius 1 is 1.33 bits per heavy atom. The lowest BCUT2D eigenvalue weighted by atomic mass is 10.3. The zero-order chi connectivity index (χ0) is 9.40. The SMILES string of the molecule is CC(O)CCNCCCN(C)C. The summed E-state index contributed by atoms with van der Waals surface area (Å²) in [6.45, 7) is 4.92. The summed E-state index contributed by atoms with van der Waals surface area (Å²) in [6, 6.07) is 0. The molecule has 74 valence electrons. The monoisotopic (exact) mass is 174 g/mol. The summed E-state index contributed by atoms with van der Waals surface area (Å²) in [6.07, 6.45) is 1.85. The second-order valence-electron chi connectivity index (χ2n) is 3.54. The first-order valence-corrected chi connectivity index (χ1v) is 4.66. The summed E-state index contributed by atoms with van der Waals surface area (Å²) < 4.78 is 0. The highest BCUT2D eigenvalue weighted by Gasteiger charge is 1.94. The van der Waals surface area contributed by atoms with Gasteiger partial charge in [0.05, 0.1) is 6.10 Å². The molecule has 0 aliphatic heterocycles. The molecule has 0 spiro atoms. The quantitative estimate of drug-likeness (QED) is 0.545. The van der Waals surface area contributed by atoms with Gasteiger partial charge in [-0.25, -0.2) is 0 Å². The van der Waals surface area contributed by atoms with Gasteiger partial charge in [-0.15, -0.1) is 0 Å². The highest BCUT2D eigenvalue weighted by atomic mass is 16.3. The fraction of sp³-hybridized carbons (Fsp3) is 1.00. The fourth-order valence-corrected chi connectivity index (χ4v) is 0.956. The number of aliphatic hydroxyl groups is 1. The number of hydrogen-bond acceptors (Lipinski definition) is 3. The Morgan fingerprint density at radius 2 is 2.00 bits per heavy atom. The van der Waals surface area contributed by atoms with Crippen LogP contribution in [0.5, 0.6) is 0 Å². The molecule has 1 unspecified atom stereocenters. The fourth-order valence-electron chi connectivity index (χ4n) is 0.956. The van der Waals surface area contributed by atoms with Crippen LogP contribution in [0.1, 0.15) is 19.8 Å². The first-order valence-electron chi connectivity index (χ1n) is 4.66. The molecule has 3 nitrogen and oxygen atoms in total. The van der Waals surface area contributed by atoms with E-state index in [1.165, 1.54) is 6.42 Å². The summed E-state index contributed by atoms with van der Waals surface area (Å²) in [4.78, 5) is 2.18. The molecule has 0 radical (unpaired) electrons. The maximum Gasteiger partial charge on any atom is 0.0524 e. The van der Waals surface area contributed by atoms with Gasteiger partial charge in [-0.1, -0.05) is 0 Å². The Morgan fingerprint density at radius 3 is 2.50 bits per heavy atom. The number of hydrogen-bond donors (Lipinski definition) is 2. The minimum atomic E-state index is -0.175. The lowest BCUT2D eigenvalue weighted by molar-refractivity contribution is 0.183. The Labute approximate surface area is 75.8 Å². The lowest BCUT2D eigenvalue weighted by Crippen LogP contribution is -2.23. The highest BCUT2D eigenvalue weighted by molar-refractivity contribution is 4.53. The van der Waals surface area contributed by atoms with Crippen molar-refractivity contribution in [1.29, 1.82) is 0 Å². The summed E-state index contributed by atoms with van der Waals surface area (Å²) >= 11 is 0. The molecule has 0 aromatic carbocycles.